The summed E-state index contributed by atoms with van der Waals surface area (Å²) < 4.78 is 5.46. The van der Waals surface area contributed by atoms with Gasteiger partial charge in [0.05, 0.1) is 11.6 Å². The highest BCUT2D eigenvalue weighted by Crippen LogP contribution is 2.47. The van der Waals surface area contributed by atoms with Crippen LogP contribution >= 0.6 is 0 Å². The minimum Gasteiger partial charge on any atom is -0.444 e. The van der Waals surface area contributed by atoms with Crippen LogP contribution in [0, 0.1) is 0 Å². The molecule has 5 nitrogen and oxygen atoms in total. The minimum absolute atomic E-state index is 0.00227. The zero-order chi connectivity index (χ0) is 14.1. The first kappa shape index (κ1) is 14.1. The van der Waals surface area contributed by atoms with E-state index in [2.05, 4.69) is 4.99 Å². The second-order valence-corrected chi connectivity index (χ2v) is 6.49. The molecule has 106 valence electrons. The molecule has 1 atom stereocenters. The molecular weight excluding hydrogens is 244 g/mol. The number of ether oxygens (including phenoxy) is 1. The Balaban J connectivity index is 2.13. The Morgan fingerprint density at radius 1 is 1.37 bits per heavy atom. The molecule has 0 N–H and O–H groups in total. The van der Waals surface area contributed by atoms with Gasteiger partial charge in [0.1, 0.15) is 5.60 Å². The molecule has 0 aromatic carbocycles. The van der Waals surface area contributed by atoms with Crippen molar-refractivity contribution in [3.05, 3.63) is 0 Å². The molecule has 0 radical (unpaired) electrons. The van der Waals surface area contributed by atoms with Crippen LogP contribution < -0.4 is 0 Å². The van der Waals surface area contributed by atoms with Gasteiger partial charge in [-0.25, -0.2) is 9.59 Å². The zero-order valence-corrected chi connectivity index (χ0v) is 11.9. The Labute approximate surface area is 114 Å². The number of nitrogens with zero attached hydrogens (tertiary/aromatic N) is 2. The molecule has 0 spiro atoms. The second-order valence-electron chi connectivity index (χ2n) is 6.49. The lowest BCUT2D eigenvalue weighted by molar-refractivity contribution is 0.00521. The Kier molecular flexibility index (Phi) is 3.68. The summed E-state index contributed by atoms with van der Waals surface area (Å²) in [6, 6.07) is -0.00227. The highest BCUT2D eigenvalue weighted by Gasteiger charge is 2.54. The number of aliphatic imine (C=N–C) groups is 1. The number of rotatable bonds is 2. The summed E-state index contributed by atoms with van der Waals surface area (Å²) in [6.45, 7) is 6.27. The number of carbonyl (C=O) groups is 1. The third-order valence-electron chi connectivity index (χ3n) is 3.78. The molecule has 1 aliphatic carbocycles. The third kappa shape index (κ3) is 3.16. The molecule has 19 heavy (non-hydrogen) atoms. The lowest BCUT2D eigenvalue weighted by Crippen LogP contribution is -2.51. The van der Waals surface area contributed by atoms with Crippen LogP contribution in [0.2, 0.25) is 0 Å². The van der Waals surface area contributed by atoms with Crippen LogP contribution in [-0.2, 0) is 9.53 Å². The van der Waals surface area contributed by atoms with Crippen molar-refractivity contribution in [2.45, 2.75) is 70.1 Å². The molecule has 2 aliphatic rings. The molecule has 0 aromatic rings. The Morgan fingerprint density at radius 2 is 2.05 bits per heavy atom. The summed E-state index contributed by atoms with van der Waals surface area (Å²) in [5, 5.41) is 0. The van der Waals surface area contributed by atoms with Gasteiger partial charge in [0.25, 0.3) is 0 Å². The zero-order valence-electron chi connectivity index (χ0n) is 11.9. The molecule has 0 bridgehead atoms. The van der Waals surface area contributed by atoms with E-state index in [1.54, 1.807) is 11.0 Å². The van der Waals surface area contributed by atoms with E-state index in [0.29, 0.717) is 6.54 Å². The van der Waals surface area contributed by atoms with Gasteiger partial charge in [-0.15, -0.1) is 0 Å². The van der Waals surface area contributed by atoms with Gasteiger partial charge in [-0.1, -0.05) is 0 Å². The maximum Gasteiger partial charge on any atom is 0.410 e. The molecule has 1 saturated heterocycles. The van der Waals surface area contributed by atoms with E-state index >= 15 is 0 Å². The van der Waals surface area contributed by atoms with Crippen molar-refractivity contribution < 1.29 is 14.3 Å². The number of likely N-dealkylation sites (tertiary alicyclic amines) is 1. The van der Waals surface area contributed by atoms with Crippen molar-refractivity contribution >= 4 is 12.2 Å². The third-order valence-corrected chi connectivity index (χ3v) is 3.78. The topological polar surface area (TPSA) is 59.0 Å². The maximum absolute atomic E-state index is 12.3. The van der Waals surface area contributed by atoms with E-state index < -0.39 is 5.60 Å². The Morgan fingerprint density at radius 3 is 2.58 bits per heavy atom. The number of carbonyl (C=O) groups excluding carboxylic acids is 2. The largest absolute Gasteiger partial charge is 0.444 e. The van der Waals surface area contributed by atoms with E-state index in [1.807, 2.05) is 20.8 Å². The monoisotopic (exact) mass is 266 g/mol. The summed E-state index contributed by atoms with van der Waals surface area (Å²) in [6.07, 6.45) is 6.06. The molecule has 1 unspecified atom stereocenters. The van der Waals surface area contributed by atoms with Gasteiger partial charge in [-0.3, -0.25) is 0 Å². The number of isocyanates is 1. The highest BCUT2D eigenvalue weighted by atomic mass is 16.6. The van der Waals surface area contributed by atoms with Crippen molar-refractivity contribution in [3.63, 3.8) is 0 Å². The standard InChI is InChI=1S/C14H22N2O3/c1-13(2,3)19-12(18)16-9-5-4-6-11(16)14(7-8-14)15-10-17/h11H,4-9H2,1-3H3. The van der Waals surface area contributed by atoms with Gasteiger partial charge in [-0.05, 0) is 52.9 Å². The van der Waals surface area contributed by atoms with Crippen LogP contribution in [0.1, 0.15) is 52.9 Å². The number of hydrogen-bond donors (Lipinski definition) is 0. The average Bonchev–Trinajstić information content (AvgIpc) is 3.08. The van der Waals surface area contributed by atoms with Gasteiger partial charge < -0.3 is 9.64 Å². The Hall–Kier alpha value is -1.35. The van der Waals surface area contributed by atoms with Crippen LogP contribution in [0.3, 0.4) is 0 Å². The van der Waals surface area contributed by atoms with Crippen molar-refractivity contribution in [1.29, 1.82) is 0 Å². The summed E-state index contributed by atoms with van der Waals surface area (Å²) in [5.41, 5.74) is -0.872. The molecule has 5 heteroatoms. The predicted octanol–water partition coefficient (Wildman–Crippen LogP) is 2.64. The van der Waals surface area contributed by atoms with Gasteiger partial charge in [0, 0.05) is 6.54 Å². The molecule has 2 rings (SSSR count). The smallest absolute Gasteiger partial charge is 0.410 e. The first-order chi connectivity index (χ1) is 8.88. The Bertz CT molecular complexity index is 403. The van der Waals surface area contributed by atoms with Crippen LogP contribution in [0.25, 0.3) is 0 Å². The minimum atomic E-state index is -0.496. The molecule has 1 heterocycles. The summed E-state index contributed by atoms with van der Waals surface area (Å²) in [7, 11) is 0. The molecule has 0 aromatic heterocycles. The lowest BCUT2D eigenvalue weighted by atomic mass is 9.94. The molecule has 1 aliphatic heterocycles. The van der Waals surface area contributed by atoms with Crippen molar-refractivity contribution in [1.82, 2.24) is 4.90 Å². The highest BCUT2D eigenvalue weighted by molar-refractivity contribution is 5.69. The SMILES string of the molecule is CC(C)(C)OC(=O)N1CCCCC1C1(N=C=O)CC1. The fourth-order valence-corrected chi connectivity index (χ4v) is 2.77. The van der Waals surface area contributed by atoms with Crippen molar-refractivity contribution in [2.75, 3.05) is 6.54 Å². The van der Waals surface area contributed by atoms with Crippen LogP contribution in [0.15, 0.2) is 4.99 Å². The van der Waals surface area contributed by atoms with E-state index in [0.717, 1.165) is 32.1 Å². The molecule has 1 saturated carbocycles. The van der Waals surface area contributed by atoms with Crippen LogP contribution in [0.4, 0.5) is 4.79 Å². The van der Waals surface area contributed by atoms with Gasteiger partial charge in [0.15, 0.2) is 0 Å². The van der Waals surface area contributed by atoms with E-state index in [4.69, 9.17) is 4.74 Å². The summed E-state index contributed by atoms with van der Waals surface area (Å²) in [5.74, 6) is 0. The molecule has 2 fully saturated rings. The van der Waals surface area contributed by atoms with E-state index in [-0.39, 0.29) is 17.7 Å². The van der Waals surface area contributed by atoms with E-state index in [1.165, 1.54) is 0 Å². The predicted molar refractivity (Wildman–Crippen MR) is 70.7 cm³/mol. The lowest BCUT2D eigenvalue weighted by Gasteiger charge is -2.39. The van der Waals surface area contributed by atoms with Crippen molar-refractivity contribution in [2.24, 2.45) is 4.99 Å². The normalized spacial score (nSPS) is 25.4. The molecule has 1 amide bonds. The summed E-state index contributed by atoms with van der Waals surface area (Å²) >= 11 is 0. The van der Waals surface area contributed by atoms with Crippen LogP contribution in [0.5, 0.6) is 0 Å². The van der Waals surface area contributed by atoms with Gasteiger partial charge in [0.2, 0.25) is 6.08 Å². The van der Waals surface area contributed by atoms with Gasteiger partial charge in [-0.2, -0.15) is 4.99 Å². The quantitative estimate of drug-likeness (QED) is 0.570. The fraction of sp³-hybridized carbons (Fsp3) is 0.857. The number of hydrogen-bond acceptors (Lipinski definition) is 4. The van der Waals surface area contributed by atoms with Gasteiger partial charge >= 0.3 is 6.09 Å². The second kappa shape index (κ2) is 4.97. The first-order valence-corrected chi connectivity index (χ1v) is 6.97. The van der Waals surface area contributed by atoms with E-state index in [9.17, 15) is 9.59 Å². The number of piperidine rings is 1. The van der Waals surface area contributed by atoms with Crippen LogP contribution in [-0.4, -0.2) is 40.8 Å². The molecular formula is C14H22N2O3. The average molecular weight is 266 g/mol. The van der Waals surface area contributed by atoms with Crippen molar-refractivity contribution in [3.8, 4) is 0 Å². The number of amides is 1. The fourth-order valence-electron chi connectivity index (χ4n) is 2.77. The maximum atomic E-state index is 12.3. The first-order valence-electron chi connectivity index (χ1n) is 6.97. The summed E-state index contributed by atoms with van der Waals surface area (Å²) in [4.78, 5) is 28.6.